The Kier molecular flexibility index (Phi) is 6.17. The summed E-state index contributed by atoms with van der Waals surface area (Å²) in [7, 11) is 1.66. The second kappa shape index (κ2) is 8.56. The van der Waals surface area contributed by atoms with Crippen LogP contribution in [0.2, 0.25) is 0 Å². The Hall–Kier alpha value is -2.04. The maximum Gasteiger partial charge on any atom is 0.226 e. The van der Waals surface area contributed by atoms with Crippen LogP contribution in [0.15, 0.2) is 24.3 Å². The van der Waals surface area contributed by atoms with Crippen LogP contribution in [-0.2, 0) is 9.59 Å². The molecule has 2 fully saturated rings. The van der Waals surface area contributed by atoms with Gasteiger partial charge in [-0.2, -0.15) is 0 Å². The highest BCUT2D eigenvalue weighted by Gasteiger charge is 2.38. The largest absolute Gasteiger partial charge is 0.490 e. The average molecular weight is 358 g/mol. The predicted molar refractivity (Wildman–Crippen MR) is 101 cm³/mol. The molecule has 0 radical (unpaired) electrons. The number of amides is 2. The molecule has 142 valence electrons. The van der Waals surface area contributed by atoms with E-state index in [1.807, 2.05) is 17.0 Å². The molecule has 5 heteroatoms. The normalized spacial score (nSPS) is 24.2. The SMILES string of the molecule is CNC(=O)[C@@H]1CCCC[C@@H]1C(=O)N1CCC(Oc2ccc(C)cc2)CC1. The van der Waals surface area contributed by atoms with Crippen molar-refractivity contribution in [1.82, 2.24) is 10.2 Å². The van der Waals surface area contributed by atoms with E-state index in [4.69, 9.17) is 4.74 Å². The van der Waals surface area contributed by atoms with Gasteiger partial charge in [-0.15, -0.1) is 0 Å². The van der Waals surface area contributed by atoms with E-state index < -0.39 is 0 Å². The number of likely N-dealkylation sites (tertiary alicyclic amines) is 1. The van der Waals surface area contributed by atoms with Crippen LogP contribution >= 0.6 is 0 Å². The summed E-state index contributed by atoms with van der Waals surface area (Å²) >= 11 is 0. The van der Waals surface area contributed by atoms with E-state index in [9.17, 15) is 9.59 Å². The van der Waals surface area contributed by atoms with Gasteiger partial charge >= 0.3 is 0 Å². The second-order valence-electron chi connectivity index (χ2n) is 7.57. The zero-order valence-corrected chi connectivity index (χ0v) is 15.9. The summed E-state index contributed by atoms with van der Waals surface area (Å²) in [5.41, 5.74) is 1.22. The van der Waals surface area contributed by atoms with Crippen molar-refractivity contribution >= 4 is 11.8 Å². The summed E-state index contributed by atoms with van der Waals surface area (Å²) in [5.74, 6) is 0.751. The molecule has 0 spiro atoms. The maximum atomic E-state index is 13.0. The fourth-order valence-corrected chi connectivity index (χ4v) is 4.16. The monoisotopic (exact) mass is 358 g/mol. The number of nitrogens with one attached hydrogen (secondary N) is 1. The van der Waals surface area contributed by atoms with Gasteiger partial charge in [0.05, 0.1) is 0 Å². The number of ether oxygens (including phenoxy) is 1. The number of piperidine rings is 1. The molecule has 0 aromatic heterocycles. The smallest absolute Gasteiger partial charge is 0.226 e. The number of aryl methyl sites for hydroxylation is 1. The van der Waals surface area contributed by atoms with Crippen LogP contribution < -0.4 is 10.1 Å². The molecule has 2 aliphatic rings. The van der Waals surface area contributed by atoms with Gasteiger partial charge in [0.25, 0.3) is 0 Å². The Balaban J connectivity index is 1.54. The van der Waals surface area contributed by atoms with Crippen molar-refractivity contribution in [2.45, 2.75) is 51.6 Å². The zero-order chi connectivity index (χ0) is 18.5. The lowest BCUT2D eigenvalue weighted by atomic mass is 9.77. The Labute approximate surface area is 156 Å². The van der Waals surface area contributed by atoms with E-state index in [1.54, 1.807) is 7.05 Å². The third-order valence-electron chi connectivity index (χ3n) is 5.74. The minimum atomic E-state index is -0.164. The van der Waals surface area contributed by atoms with Crippen LogP contribution in [-0.4, -0.2) is 43.0 Å². The fraction of sp³-hybridized carbons (Fsp3) is 0.619. The lowest BCUT2D eigenvalue weighted by Crippen LogP contribution is -2.48. The van der Waals surface area contributed by atoms with Crippen LogP contribution in [0, 0.1) is 18.8 Å². The van der Waals surface area contributed by atoms with Crippen molar-refractivity contribution in [3.63, 3.8) is 0 Å². The molecule has 2 amide bonds. The third kappa shape index (κ3) is 4.37. The van der Waals surface area contributed by atoms with Gasteiger partial charge in [-0.25, -0.2) is 0 Å². The first kappa shape index (κ1) is 18.7. The number of benzene rings is 1. The van der Waals surface area contributed by atoms with Crippen molar-refractivity contribution in [3.8, 4) is 5.75 Å². The Morgan fingerprint density at radius 3 is 2.23 bits per heavy atom. The fourth-order valence-electron chi connectivity index (χ4n) is 4.16. The van der Waals surface area contributed by atoms with Gasteiger partial charge in [-0.3, -0.25) is 9.59 Å². The lowest BCUT2D eigenvalue weighted by Gasteiger charge is -2.37. The Morgan fingerprint density at radius 2 is 1.62 bits per heavy atom. The first-order valence-electron chi connectivity index (χ1n) is 9.82. The van der Waals surface area contributed by atoms with Gasteiger partial charge in [0.2, 0.25) is 11.8 Å². The number of carbonyl (C=O) groups excluding carboxylic acids is 2. The Morgan fingerprint density at radius 1 is 1.00 bits per heavy atom. The highest BCUT2D eigenvalue weighted by Crippen LogP contribution is 2.32. The van der Waals surface area contributed by atoms with Crippen LogP contribution in [0.1, 0.15) is 44.1 Å². The molecule has 1 aliphatic heterocycles. The molecule has 1 saturated carbocycles. The second-order valence-corrected chi connectivity index (χ2v) is 7.57. The van der Waals surface area contributed by atoms with Crippen molar-refractivity contribution in [2.24, 2.45) is 11.8 Å². The van der Waals surface area contributed by atoms with Crippen molar-refractivity contribution in [3.05, 3.63) is 29.8 Å². The van der Waals surface area contributed by atoms with Crippen LogP contribution in [0.4, 0.5) is 0 Å². The molecule has 5 nitrogen and oxygen atoms in total. The van der Waals surface area contributed by atoms with Crippen LogP contribution in [0.25, 0.3) is 0 Å². The topological polar surface area (TPSA) is 58.6 Å². The van der Waals surface area contributed by atoms with Crippen molar-refractivity contribution in [2.75, 3.05) is 20.1 Å². The van der Waals surface area contributed by atoms with Crippen LogP contribution in [0.5, 0.6) is 5.75 Å². The predicted octanol–water partition coefficient (Wildman–Crippen LogP) is 2.92. The van der Waals surface area contributed by atoms with Gasteiger partial charge in [0.15, 0.2) is 0 Å². The summed E-state index contributed by atoms with van der Waals surface area (Å²) in [5, 5.41) is 2.73. The average Bonchev–Trinajstić information content (AvgIpc) is 2.69. The molecule has 2 atom stereocenters. The van der Waals surface area contributed by atoms with Gasteiger partial charge in [0.1, 0.15) is 11.9 Å². The molecule has 1 aliphatic carbocycles. The first-order chi connectivity index (χ1) is 12.6. The number of nitrogens with zero attached hydrogens (tertiary/aromatic N) is 1. The minimum absolute atomic E-state index is 0.0145. The lowest BCUT2D eigenvalue weighted by molar-refractivity contribution is -0.145. The molecule has 1 aromatic carbocycles. The Bertz CT molecular complexity index is 621. The highest BCUT2D eigenvalue weighted by atomic mass is 16.5. The third-order valence-corrected chi connectivity index (χ3v) is 5.74. The van der Waals surface area contributed by atoms with E-state index in [2.05, 4.69) is 24.4 Å². The van der Waals surface area contributed by atoms with Gasteiger partial charge in [-0.05, 0) is 31.9 Å². The maximum absolute atomic E-state index is 13.0. The van der Waals surface area contributed by atoms with Crippen LogP contribution in [0.3, 0.4) is 0 Å². The molecule has 0 unspecified atom stereocenters. The molecule has 0 bridgehead atoms. The van der Waals surface area contributed by atoms with Gasteiger partial charge in [-0.1, -0.05) is 30.5 Å². The number of carbonyl (C=O) groups is 2. The van der Waals surface area contributed by atoms with E-state index in [1.165, 1.54) is 5.56 Å². The number of rotatable bonds is 4. The quantitative estimate of drug-likeness (QED) is 0.900. The minimum Gasteiger partial charge on any atom is -0.490 e. The molecular weight excluding hydrogens is 328 g/mol. The summed E-state index contributed by atoms with van der Waals surface area (Å²) in [6, 6.07) is 8.11. The zero-order valence-electron chi connectivity index (χ0n) is 15.9. The highest BCUT2D eigenvalue weighted by molar-refractivity contribution is 5.87. The molecule has 1 aromatic rings. The molecule has 1 heterocycles. The summed E-state index contributed by atoms with van der Waals surface area (Å²) in [6.45, 7) is 3.49. The molecule has 26 heavy (non-hydrogen) atoms. The van der Waals surface area contributed by atoms with E-state index in [-0.39, 0.29) is 29.8 Å². The summed E-state index contributed by atoms with van der Waals surface area (Å²) < 4.78 is 6.06. The summed E-state index contributed by atoms with van der Waals surface area (Å²) in [6.07, 6.45) is 5.57. The van der Waals surface area contributed by atoms with E-state index in [0.717, 1.165) is 44.3 Å². The van der Waals surface area contributed by atoms with E-state index >= 15 is 0 Å². The van der Waals surface area contributed by atoms with E-state index in [0.29, 0.717) is 13.1 Å². The van der Waals surface area contributed by atoms with Gasteiger partial charge < -0.3 is 15.0 Å². The van der Waals surface area contributed by atoms with Gasteiger partial charge in [0, 0.05) is 44.8 Å². The summed E-state index contributed by atoms with van der Waals surface area (Å²) in [4.78, 5) is 27.1. The first-order valence-corrected chi connectivity index (χ1v) is 9.82. The molecule has 3 rings (SSSR count). The van der Waals surface area contributed by atoms with Crippen molar-refractivity contribution < 1.29 is 14.3 Å². The standard InChI is InChI=1S/C21H30N2O3/c1-15-7-9-16(10-8-15)26-17-11-13-23(14-12-17)21(25)19-6-4-3-5-18(19)20(24)22-2/h7-10,17-19H,3-6,11-14H2,1-2H3,(H,22,24)/t18-,19+/m1/s1. The molecular formula is C21H30N2O3. The number of hydrogen-bond acceptors (Lipinski definition) is 3. The molecule has 1 N–H and O–H groups in total. The van der Waals surface area contributed by atoms with Crippen molar-refractivity contribution in [1.29, 1.82) is 0 Å². The molecule has 1 saturated heterocycles. The number of hydrogen-bond donors (Lipinski definition) is 1.